The van der Waals surface area contributed by atoms with Crippen LogP contribution in [-0.2, 0) is 6.54 Å². The lowest BCUT2D eigenvalue weighted by Crippen LogP contribution is -2.19. The summed E-state index contributed by atoms with van der Waals surface area (Å²) >= 11 is 0.00621. The predicted molar refractivity (Wildman–Crippen MR) is 70.0 cm³/mol. The van der Waals surface area contributed by atoms with Gasteiger partial charge >= 0.3 is 5.51 Å². The number of nitrogens with zero attached hydrogens (tertiary/aromatic N) is 2. The zero-order chi connectivity index (χ0) is 13.7. The fourth-order valence-corrected chi connectivity index (χ4v) is 2.78. The van der Waals surface area contributed by atoms with Crippen LogP contribution in [0.5, 0.6) is 0 Å². The van der Waals surface area contributed by atoms with E-state index in [9.17, 15) is 13.2 Å². The van der Waals surface area contributed by atoms with E-state index < -0.39 is 5.51 Å². The second-order valence-corrected chi connectivity index (χ2v) is 5.86. The van der Waals surface area contributed by atoms with Gasteiger partial charge in [-0.1, -0.05) is 12.8 Å². The van der Waals surface area contributed by atoms with Crippen molar-refractivity contribution in [1.29, 1.82) is 0 Å². The molecular weight excluding hydrogens is 275 g/mol. The standard InChI is InChI=1S/C12H18F3N3S/c13-12(14,15)19-8-6-16-9-10-5-7-18(17-10)11-3-1-2-4-11/h5,7,11,16H,1-4,6,8-9H2. The highest BCUT2D eigenvalue weighted by atomic mass is 32.2. The van der Waals surface area contributed by atoms with E-state index in [1.165, 1.54) is 25.7 Å². The second kappa shape index (κ2) is 6.65. The maximum absolute atomic E-state index is 11.9. The zero-order valence-corrected chi connectivity index (χ0v) is 11.4. The van der Waals surface area contributed by atoms with Crippen LogP contribution in [0, 0.1) is 0 Å². The van der Waals surface area contributed by atoms with Gasteiger partial charge in [-0.2, -0.15) is 18.3 Å². The van der Waals surface area contributed by atoms with Gasteiger partial charge in [0.15, 0.2) is 0 Å². The summed E-state index contributed by atoms with van der Waals surface area (Å²) in [5.74, 6) is 0.0346. The van der Waals surface area contributed by atoms with Crippen molar-refractivity contribution in [1.82, 2.24) is 15.1 Å². The van der Waals surface area contributed by atoms with E-state index in [2.05, 4.69) is 10.4 Å². The Morgan fingerprint density at radius 3 is 2.79 bits per heavy atom. The summed E-state index contributed by atoms with van der Waals surface area (Å²) in [6.45, 7) is 0.860. The quantitative estimate of drug-likeness (QED) is 0.816. The summed E-state index contributed by atoms with van der Waals surface area (Å²) in [5, 5.41) is 7.45. The first-order valence-corrected chi connectivity index (χ1v) is 7.48. The average molecular weight is 293 g/mol. The van der Waals surface area contributed by atoms with Crippen molar-refractivity contribution < 1.29 is 13.2 Å². The maximum Gasteiger partial charge on any atom is 0.441 e. The Hall–Kier alpha value is -0.690. The zero-order valence-electron chi connectivity index (χ0n) is 10.6. The molecule has 0 spiro atoms. The Labute approximate surface area is 114 Å². The van der Waals surface area contributed by atoms with E-state index in [1.54, 1.807) is 0 Å². The Bertz CT molecular complexity index is 386. The molecule has 2 rings (SSSR count). The van der Waals surface area contributed by atoms with Gasteiger partial charge in [-0.25, -0.2) is 0 Å². The molecule has 0 aromatic carbocycles. The third-order valence-electron chi connectivity index (χ3n) is 3.21. The average Bonchev–Trinajstić information content (AvgIpc) is 2.97. The highest BCUT2D eigenvalue weighted by molar-refractivity contribution is 8.00. The van der Waals surface area contributed by atoms with Crippen molar-refractivity contribution in [2.75, 3.05) is 12.3 Å². The van der Waals surface area contributed by atoms with Crippen LogP contribution in [0.1, 0.15) is 37.4 Å². The van der Waals surface area contributed by atoms with E-state index in [-0.39, 0.29) is 17.5 Å². The fourth-order valence-electron chi connectivity index (χ4n) is 2.30. The fraction of sp³-hybridized carbons (Fsp3) is 0.750. The molecule has 0 amide bonds. The van der Waals surface area contributed by atoms with Crippen LogP contribution in [-0.4, -0.2) is 27.6 Å². The molecule has 1 aromatic heterocycles. The molecule has 1 aliphatic carbocycles. The number of thioether (sulfide) groups is 1. The molecule has 7 heteroatoms. The van der Waals surface area contributed by atoms with E-state index in [1.807, 2.05) is 16.9 Å². The number of halogens is 3. The molecule has 0 unspecified atom stereocenters. The van der Waals surface area contributed by atoms with Gasteiger partial charge in [0.2, 0.25) is 0 Å². The van der Waals surface area contributed by atoms with Gasteiger partial charge in [-0.3, -0.25) is 4.68 Å². The van der Waals surface area contributed by atoms with E-state index in [4.69, 9.17) is 0 Å². The smallest absolute Gasteiger partial charge is 0.310 e. The number of alkyl halides is 3. The molecule has 1 N–H and O–H groups in total. The Morgan fingerprint density at radius 1 is 1.37 bits per heavy atom. The Kier molecular flexibility index (Phi) is 5.15. The van der Waals surface area contributed by atoms with E-state index in [0.717, 1.165) is 5.69 Å². The first kappa shape index (κ1) is 14.7. The summed E-state index contributed by atoms with van der Waals surface area (Å²) in [4.78, 5) is 0. The number of hydrogen-bond donors (Lipinski definition) is 1. The topological polar surface area (TPSA) is 29.9 Å². The lowest BCUT2D eigenvalue weighted by Gasteiger charge is -2.09. The number of hydrogen-bond acceptors (Lipinski definition) is 3. The van der Waals surface area contributed by atoms with Gasteiger partial charge in [-0.15, -0.1) is 0 Å². The van der Waals surface area contributed by atoms with Gasteiger partial charge in [0.25, 0.3) is 0 Å². The van der Waals surface area contributed by atoms with Crippen LogP contribution in [0.2, 0.25) is 0 Å². The first-order valence-electron chi connectivity index (χ1n) is 6.50. The summed E-state index contributed by atoms with van der Waals surface area (Å²) in [5.41, 5.74) is -3.24. The molecule has 108 valence electrons. The summed E-state index contributed by atoms with van der Waals surface area (Å²) in [6, 6.07) is 2.44. The summed E-state index contributed by atoms with van der Waals surface area (Å²) in [7, 11) is 0. The van der Waals surface area contributed by atoms with E-state index >= 15 is 0 Å². The third-order valence-corrected chi connectivity index (χ3v) is 3.95. The van der Waals surface area contributed by atoms with E-state index in [0.29, 0.717) is 19.1 Å². The maximum atomic E-state index is 11.9. The number of rotatable bonds is 6. The second-order valence-electron chi connectivity index (χ2n) is 4.70. The molecule has 1 heterocycles. The van der Waals surface area contributed by atoms with Crippen LogP contribution in [0.15, 0.2) is 12.3 Å². The van der Waals surface area contributed by atoms with Crippen LogP contribution < -0.4 is 5.32 Å². The SMILES string of the molecule is FC(F)(F)SCCNCc1ccn(C2CCCC2)n1. The minimum absolute atomic E-state index is 0.00621. The van der Waals surface area contributed by atoms with Crippen LogP contribution in [0.25, 0.3) is 0 Å². The highest BCUT2D eigenvalue weighted by Crippen LogP contribution is 2.29. The summed E-state index contributed by atoms with van der Waals surface area (Å²) < 4.78 is 37.7. The van der Waals surface area contributed by atoms with Gasteiger partial charge in [0, 0.05) is 25.0 Å². The number of nitrogens with one attached hydrogen (secondary N) is 1. The van der Waals surface area contributed by atoms with Crippen LogP contribution in [0.3, 0.4) is 0 Å². The van der Waals surface area contributed by atoms with Crippen molar-refractivity contribution >= 4 is 11.8 Å². The summed E-state index contributed by atoms with van der Waals surface area (Å²) in [6.07, 6.45) is 6.84. The van der Waals surface area contributed by atoms with Gasteiger partial charge in [0.05, 0.1) is 11.7 Å². The van der Waals surface area contributed by atoms with Crippen molar-refractivity contribution in [2.24, 2.45) is 0 Å². The Morgan fingerprint density at radius 2 is 2.11 bits per heavy atom. The van der Waals surface area contributed by atoms with Crippen molar-refractivity contribution in [3.8, 4) is 0 Å². The van der Waals surface area contributed by atoms with Crippen LogP contribution in [0.4, 0.5) is 13.2 Å². The highest BCUT2D eigenvalue weighted by Gasteiger charge is 2.27. The third kappa shape index (κ3) is 5.06. The normalized spacial score (nSPS) is 17.2. The molecule has 1 fully saturated rings. The molecule has 1 saturated carbocycles. The Balaban J connectivity index is 1.66. The molecule has 19 heavy (non-hydrogen) atoms. The molecule has 0 radical (unpaired) electrons. The molecule has 0 aliphatic heterocycles. The minimum Gasteiger partial charge on any atom is -0.310 e. The lowest BCUT2D eigenvalue weighted by molar-refractivity contribution is -0.0327. The minimum atomic E-state index is -4.13. The first-order chi connectivity index (χ1) is 9.04. The molecule has 1 aliphatic rings. The molecule has 3 nitrogen and oxygen atoms in total. The van der Waals surface area contributed by atoms with Crippen molar-refractivity contribution in [3.05, 3.63) is 18.0 Å². The van der Waals surface area contributed by atoms with Gasteiger partial charge < -0.3 is 5.32 Å². The molecule has 1 aromatic rings. The predicted octanol–water partition coefficient (Wildman–Crippen LogP) is 3.34. The van der Waals surface area contributed by atoms with Gasteiger partial charge in [0.1, 0.15) is 0 Å². The van der Waals surface area contributed by atoms with Gasteiger partial charge in [-0.05, 0) is 30.7 Å². The largest absolute Gasteiger partial charge is 0.441 e. The lowest BCUT2D eigenvalue weighted by atomic mass is 10.3. The monoisotopic (exact) mass is 293 g/mol. The van der Waals surface area contributed by atoms with Crippen LogP contribution >= 0.6 is 11.8 Å². The molecule has 0 saturated heterocycles. The van der Waals surface area contributed by atoms with Crippen molar-refractivity contribution in [2.45, 2.75) is 43.8 Å². The molecule has 0 atom stereocenters. The number of aromatic nitrogens is 2. The molecule has 0 bridgehead atoms. The van der Waals surface area contributed by atoms with Crippen molar-refractivity contribution in [3.63, 3.8) is 0 Å². The molecular formula is C12H18F3N3S.